The number of hydrogen-bond donors (Lipinski definition) is 3. The van der Waals surface area contributed by atoms with Crippen LogP contribution < -0.4 is 15.4 Å². The lowest BCUT2D eigenvalue weighted by Gasteiger charge is -2.42. The molecule has 0 aliphatic carbocycles. The Bertz CT molecular complexity index is 1310. The molecular weight excluding hydrogens is 498 g/mol. The summed E-state index contributed by atoms with van der Waals surface area (Å²) >= 11 is 1.48. The molecule has 37 heavy (non-hydrogen) atoms. The first-order valence-electron chi connectivity index (χ1n) is 11.4. The molecule has 3 aliphatic rings. The van der Waals surface area contributed by atoms with Gasteiger partial charge in [0.1, 0.15) is 29.0 Å². The van der Waals surface area contributed by atoms with Gasteiger partial charge in [-0.3, -0.25) is 19.3 Å². The second kappa shape index (κ2) is 9.65. The minimum absolute atomic E-state index is 0.0119. The smallest absolute Gasteiger partial charge is 0.258 e. The van der Waals surface area contributed by atoms with E-state index in [-0.39, 0.29) is 29.5 Å². The molecule has 0 saturated carbocycles. The average molecular weight is 522 g/mol. The highest BCUT2D eigenvalue weighted by Crippen LogP contribution is 2.54. The van der Waals surface area contributed by atoms with Crippen molar-refractivity contribution < 1.29 is 24.2 Å². The number of nitrogens with zero attached hydrogens (tertiary/aromatic N) is 5. The van der Waals surface area contributed by atoms with Crippen LogP contribution in [0.25, 0.3) is 0 Å². The van der Waals surface area contributed by atoms with Gasteiger partial charge in [0.15, 0.2) is 6.61 Å². The van der Waals surface area contributed by atoms with E-state index in [0.29, 0.717) is 17.0 Å². The number of benzene rings is 2. The molecule has 1 unspecified atom stereocenters. The van der Waals surface area contributed by atoms with Crippen molar-refractivity contribution in [1.29, 1.82) is 0 Å². The number of para-hydroxylation sites is 1. The van der Waals surface area contributed by atoms with Gasteiger partial charge in [0.25, 0.3) is 11.8 Å². The van der Waals surface area contributed by atoms with Gasteiger partial charge >= 0.3 is 0 Å². The Labute approximate surface area is 215 Å². The van der Waals surface area contributed by atoms with Crippen LogP contribution in [0.5, 0.6) is 11.5 Å². The van der Waals surface area contributed by atoms with E-state index >= 15 is 0 Å². The molecule has 3 aliphatic heterocycles. The zero-order valence-electron chi connectivity index (χ0n) is 19.9. The van der Waals surface area contributed by atoms with Gasteiger partial charge in [-0.05, 0) is 54.1 Å². The first-order valence-corrected chi connectivity index (χ1v) is 12.3. The number of carbonyl (C=O) groups excluding carboxylic acids is 3. The Kier molecular flexibility index (Phi) is 6.38. The highest BCUT2D eigenvalue weighted by atomic mass is 32.2. The Hall–Kier alpha value is -4.26. The minimum atomic E-state index is -1.12. The standard InChI is InChI=1S/C24H23N7O5S/c1-24(2)19(20-27-29-30-28-20)31-22(35)18(23(31)37-24)26-21(34)17(13-8-10-14(32)11-9-13)25-16(33)12-36-15-6-4-3-5-7-15/h3-11,17-18,23,32H,12H2,1-2H3,(H,25,33)(H,26,34)/t17-,18?,23-/m1/s1. The number of aromatic hydroxyl groups is 1. The highest BCUT2D eigenvalue weighted by Gasteiger charge is 2.61. The van der Waals surface area contributed by atoms with E-state index in [1.807, 2.05) is 19.9 Å². The van der Waals surface area contributed by atoms with Crippen molar-refractivity contribution in [3.63, 3.8) is 0 Å². The van der Waals surface area contributed by atoms with E-state index in [4.69, 9.17) is 4.74 Å². The molecule has 2 saturated heterocycles. The maximum absolute atomic E-state index is 13.4. The van der Waals surface area contributed by atoms with E-state index in [9.17, 15) is 19.5 Å². The number of amides is 3. The molecular formula is C24H23N7O5S. The number of ether oxygens (including phenoxy) is 1. The highest BCUT2D eigenvalue weighted by molar-refractivity contribution is 8.01. The summed E-state index contributed by atoms with van der Waals surface area (Å²) in [7, 11) is 0. The van der Waals surface area contributed by atoms with Gasteiger partial charge in [0.2, 0.25) is 11.7 Å². The molecule has 0 radical (unpaired) electrons. The fraction of sp³-hybridized carbons (Fsp3) is 0.292. The zero-order chi connectivity index (χ0) is 26.2. The molecule has 2 aromatic carbocycles. The zero-order valence-corrected chi connectivity index (χ0v) is 20.7. The van der Waals surface area contributed by atoms with Gasteiger partial charge in [-0.1, -0.05) is 30.3 Å². The lowest BCUT2D eigenvalue weighted by atomic mass is 9.99. The summed E-state index contributed by atoms with van der Waals surface area (Å²) in [4.78, 5) is 40.7. The van der Waals surface area contributed by atoms with Crippen molar-refractivity contribution in [3.05, 3.63) is 71.7 Å². The summed E-state index contributed by atoms with van der Waals surface area (Å²) in [6, 6.07) is 12.7. The van der Waals surface area contributed by atoms with Crippen LogP contribution in [0.4, 0.5) is 0 Å². The third kappa shape index (κ3) is 4.77. The summed E-state index contributed by atoms with van der Waals surface area (Å²) < 4.78 is 4.97. The monoisotopic (exact) mass is 521 g/mol. The number of β-lactam (4-membered cyclic amide) rings is 1. The van der Waals surface area contributed by atoms with E-state index in [1.165, 1.54) is 36.0 Å². The minimum Gasteiger partial charge on any atom is -0.508 e. The van der Waals surface area contributed by atoms with Gasteiger partial charge in [-0.15, -0.1) is 22.0 Å². The number of thioether (sulfide) groups is 1. The number of fused-ring (bicyclic) bond motifs is 1. The summed E-state index contributed by atoms with van der Waals surface area (Å²) in [5, 5.41) is 29.6. The van der Waals surface area contributed by atoms with Crippen LogP contribution in [0, 0.1) is 0 Å². The predicted octanol–water partition coefficient (Wildman–Crippen LogP) is 2.81. The molecule has 3 heterocycles. The van der Waals surface area contributed by atoms with Crippen LogP contribution in [0.2, 0.25) is 0 Å². The number of nitrogens with one attached hydrogen (secondary N) is 2. The van der Waals surface area contributed by atoms with Gasteiger partial charge in [0.05, 0.1) is 10.4 Å². The van der Waals surface area contributed by atoms with E-state index < -0.39 is 28.6 Å². The molecule has 0 spiro atoms. The van der Waals surface area contributed by atoms with Crippen molar-refractivity contribution in [2.45, 2.75) is 36.1 Å². The van der Waals surface area contributed by atoms with Crippen LogP contribution in [-0.2, 0) is 14.4 Å². The Morgan fingerprint density at radius 1 is 1.11 bits per heavy atom. The maximum Gasteiger partial charge on any atom is 0.258 e. The number of carbonyl (C=O) groups is 3. The molecule has 0 aromatic heterocycles. The van der Waals surface area contributed by atoms with Crippen molar-refractivity contribution in [2.75, 3.05) is 6.61 Å². The van der Waals surface area contributed by atoms with Crippen molar-refractivity contribution >= 4 is 29.5 Å². The second-order valence-corrected chi connectivity index (χ2v) is 10.7. The summed E-state index contributed by atoms with van der Waals surface area (Å²) in [5.41, 5.74) is 1.02. The fourth-order valence-corrected chi connectivity index (χ4v) is 5.83. The second-order valence-electron chi connectivity index (χ2n) is 8.96. The van der Waals surface area contributed by atoms with Gasteiger partial charge in [0, 0.05) is 0 Å². The Morgan fingerprint density at radius 3 is 2.46 bits per heavy atom. The average Bonchev–Trinajstić information content (AvgIpc) is 3.50. The van der Waals surface area contributed by atoms with Crippen molar-refractivity contribution in [1.82, 2.24) is 15.5 Å². The summed E-state index contributed by atoms with van der Waals surface area (Å²) in [6.07, 6.45) is 0. The summed E-state index contributed by atoms with van der Waals surface area (Å²) in [6.45, 7) is 3.55. The van der Waals surface area contributed by atoms with Gasteiger partial charge in [-0.25, -0.2) is 0 Å². The fourth-order valence-electron chi connectivity index (χ4n) is 4.29. The SMILES string of the molecule is CC1(C)S[C@@H]2C(NC(=O)[C@H](NC(=O)COc3ccccc3)c3ccc(O)cc3)C(=O)N2C1=C1N=NN=N1. The van der Waals surface area contributed by atoms with E-state index in [2.05, 4.69) is 31.3 Å². The molecule has 190 valence electrons. The molecule has 3 N–H and O–H groups in total. The van der Waals surface area contributed by atoms with Crippen molar-refractivity contribution in [3.8, 4) is 11.5 Å². The third-order valence-electron chi connectivity index (χ3n) is 6.01. The molecule has 2 aromatic rings. The quantitative estimate of drug-likeness (QED) is 0.476. The lowest BCUT2D eigenvalue weighted by Crippen LogP contribution is -2.67. The van der Waals surface area contributed by atoms with Crippen LogP contribution in [-0.4, -0.2) is 50.5 Å². The van der Waals surface area contributed by atoms with E-state index in [1.54, 1.807) is 29.2 Å². The van der Waals surface area contributed by atoms with Crippen molar-refractivity contribution in [2.24, 2.45) is 20.7 Å². The maximum atomic E-state index is 13.4. The molecule has 12 nitrogen and oxygen atoms in total. The van der Waals surface area contributed by atoms with Crippen LogP contribution in [0.15, 0.2) is 86.8 Å². The molecule has 3 atom stereocenters. The molecule has 2 fully saturated rings. The van der Waals surface area contributed by atoms with E-state index in [0.717, 1.165) is 0 Å². The Balaban J connectivity index is 1.31. The molecule has 13 heteroatoms. The lowest BCUT2D eigenvalue weighted by molar-refractivity contribution is -0.146. The van der Waals surface area contributed by atoms with Crippen LogP contribution in [0.3, 0.4) is 0 Å². The number of hydrogen-bond acceptors (Lipinski definition) is 10. The van der Waals surface area contributed by atoms with Gasteiger partial charge in [-0.2, -0.15) is 0 Å². The first kappa shape index (κ1) is 24.4. The van der Waals surface area contributed by atoms with Crippen LogP contribution >= 0.6 is 11.8 Å². The predicted molar refractivity (Wildman–Crippen MR) is 132 cm³/mol. The number of phenolic OH excluding ortho intramolecular Hbond substituents is 1. The first-order chi connectivity index (χ1) is 17.7. The molecule has 5 rings (SSSR count). The topological polar surface area (TPSA) is 157 Å². The largest absolute Gasteiger partial charge is 0.508 e. The Morgan fingerprint density at radius 2 is 1.78 bits per heavy atom. The van der Waals surface area contributed by atoms with Crippen LogP contribution in [0.1, 0.15) is 25.5 Å². The van der Waals surface area contributed by atoms with Gasteiger partial charge < -0.3 is 20.5 Å². The number of rotatable bonds is 7. The third-order valence-corrected chi connectivity index (χ3v) is 7.51. The number of phenols is 1. The molecule has 0 bridgehead atoms. The molecule has 3 amide bonds. The normalized spacial score (nSPS) is 21.9. The summed E-state index contributed by atoms with van der Waals surface area (Å²) in [5.74, 6) is -0.630.